The number of carbonyl (C=O) groups excluding carboxylic acids is 1. The second-order valence-corrected chi connectivity index (χ2v) is 6.36. The second-order valence-electron chi connectivity index (χ2n) is 6.36. The van der Waals surface area contributed by atoms with Crippen LogP contribution in [0.25, 0.3) is 0 Å². The molecule has 108 valence electrons. The molecule has 0 radical (unpaired) electrons. The highest BCUT2D eigenvalue weighted by molar-refractivity contribution is 5.91. The van der Waals surface area contributed by atoms with E-state index < -0.39 is 23.2 Å². The molecule has 19 heavy (non-hydrogen) atoms. The Morgan fingerprint density at radius 1 is 1.26 bits per heavy atom. The normalized spacial score (nSPS) is 31.5. The number of rotatable bonds is 4. The molecule has 0 bridgehead atoms. The van der Waals surface area contributed by atoms with E-state index in [1.165, 1.54) is 0 Å². The summed E-state index contributed by atoms with van der Waals surface area (Å²) in [5.41, 5.74) is -0.425. The monoisotopic (exact) mass is 269 g/mol. The maximum Gasteiger partial charge on any atom is 0.307 e. The van der Waals surface area contributed by atoms with Crippen molar-refractivity contribution in [1.82, 2.24) is 5.32 Å². The first-order chi connectivity index (χ1) is 8.85. The van der Waals surface area contributed by atoms with E-state index in [1.807, 2.05) is 20.8 Å². The highest BCUT2D eigenvalue weighted by Gasteiger charge is 2.65. The van der Waals surface area contributed by atoms with Gasteiger partial charge in [-0.2, -0.15) is 0 Å². The van der Waals surface area contributed by atoms with Crippen LogP contribution in [0.5, 0.6) is 0 Å². The fraction of sp³-hybridized carbons (Fsp3) is 0.857. The zero-order valence-corrected chi connectivity index (χ0v) is 11.8. The van der Waals surface area contributed by atoms with Crippen molar-refractivity contribution >= 4 is 11.9 Å². The minimum absolute atomic E-state index is 0.0854. The van der Waals surface area contributed by atoms with E-state index in [2.05, 4.69) is 5.32 Å². The van der Waals surface area contributed by atoms with E-state index in [1.54, 1.807) is 0 Å². The molecule has 3 unspecified atom stereocenters. The highest BCUT2D eigenvalue weighted by Crippen LogP contribution is 2.58. The van der Waals surface area contributed by atoms with E-state index in [0.29, 0.717) is 5.92 Å². The highest BCUT2D eigenvalue weighted by atomic mass is 16.5. The predicted molar refractivity (Wildman–Crippen MR) is 69.5 cm³/mol. The third-order valence-corrected chi connectivity index (χ3v) is 4.72. The van der Waals surface area contributed by atoms with Gasteiger partial charge in [-0.1, -0.05) is 13.8 Å². The fourth-order valence-electron chi connectivity index (χ4n) is 3.24. The van der Waals surface area contributed by atoms with Gasteiger partial charge < -0.3 is 15.2 Å². The van der Waals surface area contributed by atoms with Crippen LogP contribution >= 0.6 is 0 Å². The number of hydrogen-bond donors (Lipinski definition) is 2. The first kappa shape index (κ1) is 14.3. The number of carboxylic acids is 1. The van der Waals surface area contributed by atoms with Gasteiger partial charge in [0.05, 0.1) is 11.8 Å². The van der Waals surface area contributed by atoms with Gasteiger partial charge in [-0.15, -0.1) is 0 Å². The largest absolute Gasteiger partial charge is 0.481 e. The number of aliphatic carboxylic acids is 1. The minimum atomic E-state index is -0.871. The summed E-state index contributed by atoms with van der Waals surface area (Å²) in [6.07, 6.45) is 1.91. The molecule has 0 aromatic heterocycles. The van der Waals surface area contributed by atoms with Crippen molar-refractivity contribution < 1.29 is 19.4 Å². The van der Waals surface area contributed by atoms with Gasteiger partial charge in [0, 0.05) is 19.3 Å². The van der Waals surface area contributed by atoms with Crippen molar-refractivity contribution in [2.75, 3.05) is 13.2 Å². The van der Waals surface area contributed by atoms with Gasteiger partial charge in [0.1, 0.15) is 0 Å². The van der Waals surface area contributed by atoms with Crippen molar-refractivity contribution in [2.24, 2.45) is 23.2 Å². The van der Waals surface area contributed by atoms with Crippen molar-refractivity contribution in [1.29, 1.82) is 0 Å². The van der Waals surface area contributed by atoms with E-state index >= 15 is 0 Å². The van der Waals surface area contributed by atoms with E-state index in [9.17, 15) is 9.59 Å². The van der Waals surface area contributed by atoms with Crippen molar-refractivity contribution in [2.45, 2.75) is 39.7 Å². The lowest BCUT2D eigenvalue weighted by Gasteiger charge is -2.28. The number of hydrogen-bond acceptors (Lipinski definition) is 3. The van der Waals surface area contributed by atoms with Crippen molar-refractivity contribution in [3.63, 3.8) is 0 Å². The number of nitrogens with one attached hydrogen (secondary N) is 1. The predicted octanol–water partition coefficient (Wildman–Crippen LogP) is 1.27. The first-order valence-electron chi connectivity index (χ1n) is 6.96. The van der Waals surface area contributed by atoms with Gasteiger partial charge in [0.25, 0.3) is 0 Å². The second kappa shape index (κ2) is 5.12. The van der Waals surface area contributed by atoms with Gasteiger partial charge in [-0.05, 0) is 31.1 Å². The van der Waals surface area contributed by atoms with Gasteiger partial charge in [0.15, 0.2) is 0 Å². The lowest BCUT2D eigenvalue weighted by molar-refractivity contribution is -0.140. The summed E-state index contributed by atoms with van der Waals surface area (Å²) in [4.78, 5) is 23.3. The summed E-state index contributed by atoms with van der Waals surface area (Å²) in [7, 11) is 0. The lowest BCUT2D eigenvalue weighted by Crippen LogP contribution is -2.41. The number of carboxylic acid groups (broad SMARTS) is 1. The molecule has 2 rings (SSSR count). The average molecular weight is 269 g/mol. The molecule has 5 heteroatoms. The maximum absolute atomic E-state index is 12.2. The van der Waals surface area contributed by atoms with Crippen LogP contribution < -0.4 is 5.32 Å². The number of amides is 1. The van der Waals surface area contributed by atoms with Crippen LogP contribution in [0.3, 0.4) is 0 Å². The molecule has 5 nitrogen and oxygen atoms in total. The quantitative estimate of drug-likeness (QED) is 0.806. The average Bonchev–Trinajstić information content (AvgIpc) is 2.93. The number of carbonyl (C=O) groups is 2. The van der Waals surface area contributed by atoms with Gasteiger partial charge in [0.2, 0.25) is 5.91 Å². The fourth-order valence-corrected chi connectivity index (χ4v) is 3.24. The summed E-state index contributed by atoms with van der Waals surface area (Å²) in [6, 6.07) is 0.0854. The van der Waals surface area contributed by atoms with Crippen LogP contribution in [0.1, 0.15) is 33.6 Å². The molecule has 0 spiro atoms. The van der Waals surface area contributed by atoms with Crippen LogP contribution in [0.15, 0.2) is 0 Å². The van der Waals surface area contributed by atoms with Crippen molar-refractivity contribution in [3.8, 4) is 0 Å². The van der Waals surface area contributed by atoms with Gasteiger partial charge in [-0.3, -0.25) is 9.59 Å². The van der Waals surface area contributed by atoms with Gasteiger partial charge >= 0.3 is 5.97 Å². The molecule has 0 aromatic carbocycles. The summed E-state index contributed by atoms with van der Waals surface area (Å²) >= 11 is 0. The molecule has 2 N–H and O–H groups in total. The summed E-state index contributed by atoms with van der Waals surface area (Å²) in [6.45, 7) is 7.18. The molecule has 1 aliphatic carbocycles. The minimum Gasteiger partial charge on any atom is -0.481 e. The molecule has 1 heterocycles. The molecule has 1 aliphatic heterocycles. The van der Waals surface area contributed by atoms with Gasteiger partial charge in [-0.25, -0.2) is 0 Å². The zero-order chi connectivity index (χ0) is 14.2. The Morgan fingerprint density at radius 3 is 2.32 bits per heavy atom. The molecular weight excluding hydrogens is 246 g/mol. The molecule has 1 saturated heterocycles. The molecule has 2 aliphatic rings. The van der Waals surface area contributed by atoms with Crippen LogP contribution in [0.4, 0.5) is 0 Å². The van der Waals surface area contributed by atoms with E-state index in [4.69, 9.17) is 9.84 Å². The lowest BCUT2D eigenvalue weighted by atomic mass is 9.92. The SMILES string of the molecule is CC(NC(=O)C1C(C(=O)O)C1(C)C)C1CCOCC1. The molecule has 0 aromatic rings. The Morgan fingerprint density at radius 2 is 1.84 bits per heavy atom. The number of ether oxygens (including phenoxy) is 1. The summed E-state index contributed by atoms with van der Waals surface area (Å²) < 4.78 is 5.31. The Kier molecular flexibility index (Phi) is 3.85. The maximum atomic E-state index is 12.2. The zero-order valence-electron chi connectivity index (χ0n) is 11.8. The van der Waals surface area contributed by atoms with E-state index in [-0.39, 0.29) is 11.9 Å². The van der Waals surface area contributed by atoms with Crippen LogP contribution in [-0.4, -0.2) is 36.2 Å². The molecule has 1 amide bonds. The van der Waals surface area contributed by atoms with Crippen LogP contribution in [0, 0.1) is 23.2 Å². The molecule has 3 atom stereocenters. The summed E-state index contributed by atoms with van der Waals surface area (Å²) in [5.74, 6) is -1.50. The summed E-state index contributed by atoms with van der Waals surface area (Å²) in [5, 5.41) is 12.1. The third-order valence-electron chi connectivity index (χ3n) is 4.72. The Bertz CT molecular complexity index is 374. The molecular formula is C14H23NO4. The first-order valence-corrected chi connectivity index (χ1v) is 6.96. The standard InChI is InChI=1S/C14H23NO4/c1-8(9-4-6-19-7-5-9)15-12(16)10-11(13(17)18)14(10,2)3/h8-11H,4-7H2,1-3H3,(H,15,16)(H,17,18). The van der Waals surface area contributed by atoms with Crippen LogP contribution in [0.2, 0.25) is 0 Å². The smallest absolute Gasteiger partial charge is 0.307 e. The Labute approximate surface area is 113 Å². The van der Waals surface area contributed by atoms with Crippen LogP contribution in [-0.2, 0) is 14.3 Å². The van der Waals surface area contributed by atoms with E-state index in [0.717, 1.165) is 26.1 Å². The topological polar surface area (TPSA) is 75.6 Å². The molecule has 1 saturated carbocycles. The Balaban J connectivity index is 1.89. The van der Waals surface area contributed by atoms with Crippen molar-refractivity contribution in [3.05, 3.63) is 0 Å². The Hall–Kier alpha value is -1.10. The molecule has 2 fully saturated rings. The third kappa shape index (κ3) is 2.76.